The molecule has 1 amide bonds. The molecule has 6 heteroatoms. The Labute approximate surface area is 143 Å². The van der Waals surface area contributed by atoms with Gasteiger partial charge in [0, 0.05) is 5.38 Å². The van der Waals surface area contributed by atoms with Crippen LogP contribution in [0.5, 0.6) is 11.5 Å². The number of anilines is 1. The third kappa shape index (κ3) is 3.91. The lowest BCUT2D eigenvalue weighted by Gasteiger charge is -2.09. The van der Waals surface area contributed by atoms with Crippen LogP contribution in [0.2, 0.25) is 0 Å². The van der Waals surface area contributed by atoms with Crippen LogP contribution in [-0.2, 0) is 6.61 Å². The minimum atomic E-state index is -0.424. The minimum Gasteiger partial charge on any atom is -0.507 e. The molecule has 3 rings (SSSR count). The van der Waals surface area contributed by atoms with Crippen molar-refractivity contribution in [3.63, 3.8) is 0 Å². The topological polar surface area (TPSA) is 71.5 Å². The zero-order valence-corrected chi connectivity index (χ0v) is 13.8. The molecule has 0 saturated carbocycles. The van der Waals surface area contributed by atoms with Gasteiger partial charge in [-0.1, -0.05) is 30.3 Å². The molecule has 24 heavy (non-hydrogen) atoms. The van der Waals surface area contributed by atoms with Gasteiger partial charge in [0.15, 0.2) is 5.13 Å². The Morgan fingerprint density at radius 3 is 2.75 bits per heavy atom. The fourth-order valence-electron chi connectivity index (χ4n) is 2.10. The zero-order chi connectivity index (χ0) is 16.9. The van der Waals surface area contributed by atoms with Crippen LogP contribution in [0.3, 0.4) is 0 Å². The van der Waals surface area contributed by atoms with E-state index in [1.54, 1.807) is 6.07 Å². The molecule has 0 aliphatic carbocycles. The maximum Gasteiger partial charge on any atom is 0.261 e. The first-order valence-corrected chi connectivity index (χ1v) is 8.23. The van der Waals surface area contributed by atoms with E-state index in [9.17, 15) is 9.90 Å². The van der Waals surface area contributed by atoms with Crippen LogP contribution in [0.4, 0.5) is 5.13 Å². The van der Waals surface area contributed by atoms with Crippen molar-refractivity contribution in [3.8, 4) is 11.5 Å². The van der Waals surface area contributed by atoms with E-state index in [2.05, 4.69) is 10.3 Å². The van der Waals surface area contributed by atoms with Crippen molar-refractivity contribution in [2.75, 3.05) is 5.32 Å². The van der Waals surface area contributed by atoms with E-state index >= 15 is 0 Å². The number of benzene rings is 2. The van der Waals surface area contributed by atoms with Crippen molar-refractivity contribution in [1.82, 2.24) is 4.98 Å². The van der Waals surface area contributed by atoms with Crippen LogP contribution in [0.1, 0.15) is 21.6 Å². The Bertz CT molecular complexity index is 846. The van der Waals surface area contributed by atoms with Crippen LogP contribution in [0.25, 0.3) is 0 Å². The van der Waals surface area contributed by atoms with Gasteiger partial charge in [-0.25, -0.2) is 4.98 Å². The summed E-state index contributed by atoms with van der Waals surface area (Å²) < 4.78 is 5.69. The number of nitrogens with one attached hydrogen (secondary N) is 1. The molecule has 0 radical (unpaired) electrons. The summed E-state index contributed by atoms with van der Waals surface area (Å²) in [5.74, 6) is -0.0167. The number of thiazole rings is 1. The van der Waals surface area contributed by atoms with Gasteiger partial charge in [-0.05, 0) is 30.7 Å². The number of phenols is 1. The van der Waals surface area contributed by atoms with Crippen molar-refractivity contribution < 1.29 is 14.6 Å². The molecule has 0 aliphatic heterocycles. The van der Waals surface area contributed by atoms with Crippen LogP contribution < -0.4 is 10.1 Å². The molecule has 1 heterocycles. The van der Waals surface area contributed by atoms with Gasteiger partial charge in [-0.3, -0.25) is 10.1 Å². The molecule has 0 unspecified atom stereocenters. The summed E-state index contributed by atoms with van der Waals surface area (Å²) in [4.78, 5) is 16.5. The van der Waals surface area contributed by atoms with Crippen molar-refractivity contribution in [2.24, 2.45) is 0 Å². The van der Waals surface area contributed by atoms with Crippen molar-refractivity contribution in [3.05, 3.63) is 70.7 Å². The van der Waals surface area contributed by atoms with Gasteiger partial charge >= 0.3 is 0 Å². The fourth-order valence-corrected chi connectivity index (χ4v) is 2.79. The number of carbonyl (C=O) groups is 1. The average molecular weight is 340 g/mol. The number of amides is 1. The van der Waals surface area contributed by atoms with Crippen molar-refractivity contribution in [1.29, 1.82) is 0 Å². The number of hydrogen-bond acceptors (Lipinski definition) is 5. The number of aromatic nitrogens is 1. The highest BCUT2D eigenvalue weighted by Gasteiger charge is 2.14. The second-order valence-corrected chi connectivity index (χ2v) is 6.06. The number of aromatic hydroxyl groups is 1. The summed E-state index contributed by atoms with van der Waals surface area (Å²) in [5.41, 5.74) is 2.00. The Balaban J connectivity index is 1.72. The van der Waals surface area contributed by atoms with Crippen LogP contribution >= 0.6 is 11.3 Å². The first-order valence-electron chi connectivity index (χ1n) is 7.35. The number of nitrogens with zero attached hydrogens (tertiary/aromatic N) is 1. The normalized spacial score (nSPS) is 10.4. The summed E-state index contributed by atoms with van der Waals surface area (Å²) in [6.45, 7) is 2.24. The van der Waals surface area contributed by atoms with Crippen LogP contribution in [-0.4, -0.2) is 16.0 Å². The first kappa shape index (κ1) is 16.0. The lowest BCUT2D eigenvalue weighted by atomic mass is 10.1. The molecule has 0 saturated heterocycles. The second kappa shape index (κ2) is 7.14. The highest BCUT2D eigenvalue weighted by Crippen LogP contribution is 2.25. The van der Waals surface area contributed by atoms with E-state index in [-0.39, 0.29) is 11.3 Å². The molecular formula is C18H16N2O3S. The van der Waals surface area contributed by atoms with E-state index in [0.29, 0.717) is 17.5 Å². The van der Waals surface area contributed by atoms with E-state index in [0.717, 1.165) is 11.3 Å². The predicted molar refractivity (Wildman–Crippen MR) is 93.7 cm³/mol. The summed E-state index contributed by atoms with van der Waals surface area (Å²) in [7, 11) is 0. The number of phenolic OH excluding ortho intramolecular Hbond substituents is 1. The zero-order valence-electron chi connectivity index (χ0n) is 13.0. The molecule has 1 aromatic heterocycles. The van der Waals surface area contributed by atoms with Gasteiger partial charge in [-0.2, -0.15) is 0 Å². The molecule has 3 aromatic rings. The summed E-state index contributed by atoms with van der Waals surface area (Å²) in [6, 6.07) is 14.3. The average Bonchev–Trinajstić information content (AvgIpc) is 3.00. The monoisotopic (exact) mass is 340 g/mol. The standard InChI is InChI=1S/C18H16N2O3S/c1-12-11-24-18(19-12)20-17(22)15-9-14(7-8-16(15)21)23-10-13-5-3-2-4-6-13/h2-9,11,21H,10H2,1H3,(H,19,20,22). The molecular weight excluding hydrogens is 324 g/mol. The molecule has 0 bridgehead atoms. The van der Waals surface area contributed by atoms with E-state index < -0.39 is 5.91 Å². The predicted octanol–water partition coefficient (Wildman–Crippen LogP) is 3.99. The molecule has 5 nitrogen and oxygen atoms in total. The smallest absolute Gasteiger partial charge is 0.261 e. The quantitative estimate of drug-likeness (QED) is 0.737. The molecule has 0 fully saturated rings. The van der Waals surface area contributed by atoms with E-state index in [1.165, 1.54) is 23.5 Å². The van der Waals surface area contributed by atoms with Gasteiger partial charge in [0.2, 0.25) is 0 Å². The Morgan fingerprint density at radius 2 is 2.04 bits per heavy atom. The Kier molecular flexibility index (Phi) is 4.77. The first-order chi connectivity index (χ1) is 11.6. The number of hydrogen-bond donors (Lipinski definition) is 2. The Hall–Kier alpha value is -2.86. The highest BCUT2D eigenvalue weighted by atomic mass is 32.1. The van der Waals surface area contributed by atoms with Crippen LogP contribution in [0.15, 0.2) is 53.9 Å². The lowest BCUT2D eigenvalue weighted by Crippen LogP contribution is -2.12. The van der Waals surface area contributed by atoms with Gasteiger partial charge in [0.1, 0.15) is 18.1 Å². The summed E-state index contributed by atoms with van der Waals surface area (Å²) in [6.07, 6.45) is 0. The maximum absolute atomic E-state index is 12.3. The fraction of sp³-hybridized carbons (Fsp3) is 0.111. The van der Waals surface area contributed by atoms with E-state index in [1.807, 2.05) is 42.6 Å². The van der Waals surface area contributed by atoms with Crippen molar-refractivity contribution >= 4 is 22.4 Å². The minimum absolute atomic E-state index is 0.104. The van der Waals surface area contributed by atoms with Gasteiger partial charge in [0.25, 0.3) is 5.91 Å². The van der Waals surface area contributed by atoms with Gasteiger partial charge in [0.05, 0.1) is 11.3 Å². The second-order valence-electron chi connectivity index (χ2n) is 5.20. The molecule has 0 aliphatic rings. The third-order valence-corrected chi connectivity index (χ3v) is 4.18. The molecule has 122 valence electrons. The number of rotatable bonds is 5. The highest BCUT2D eigenvalue weighted by molar-refractivity contribution is 7.13. The van der Waals surface area contributed by atoms with Gasteiger partial charge < -0.3 is 9.84 Å². The summed E-state index contributed by atoms with van der Waals surface area (Å²) in [5, 5.41) is 14.9. The van der Waals surface area contributed by atoms with Crippen LogP contribution in [0, 0.1) is 6.92 Å². The molecule has 0 spiro atoms. The maximum atomic E-state index is 12.3. The SMILES string of the molecule is Cc1csc(NC(=O)c2cc(OCc3ccccc3)ccc2O)n1. The number of aryl methyl sites for hydroxylation is 1. The number of carbonyl (C=O) groups excluding carboxylic acids is 1. The summed E-state index contributed by atoms with van der Waals surface area (Å²) >= 11 is 1.33. The molecule has 2 aromatic carbocycles. The largest absolute Gasteiger partial charge is 0.507 e. The lowest BCUT2D eigenvalue weighted by molar-refractivity contribution is 0.102. The number of ether oxygens (including phenoxy) is 1. The molecule has 0 atom stereocenters. The Morgan fingerprint density at radius 1 is 1.25 bits per heavy atom. The van der Waals surface area contributed by atoms with E-state index in [4.69, 9.17) is 4.74 Å². The molecule has 2 N–H and O–H groups in total. The van der Waals surface area contributed by atoms with Crippen molar-refractivity contribution in [2.45, 2.75) is 13.5 Å². The van der Waals surface area contributed by atoms with Gasteiger partial charge in [-0.15, -0.1) is 11.3 Å². The third-order valence-electron chi connectivity index (χ3n) is 3.30.